The number of rotatable bonds is 3. The van der Waals surface area contributed by atoms with Gasteiger partial charge < -0.3 is 15.4 Å². The molecule has 3 N–H and O–H groups in total. The topological polar surface area (TPSA) is 51.2 Å². The molecule has 2 aromatic rings. The Balaban J connectivity index is 2.68. The molecule has 0 amide bonds. The molecule has 1 heterocycles. The monoisotopic (exact) mass is 218 g/mol. The van der Waals surface area contributed by atoms with Crippen LogP contribution in [0, 0.1) is 0 Å². The van der Waals surface area contributed by atoms with Crippen LogP contribution >= 0.6 is 0 Å². The number of aryl methyl sites for hydroxylation is 2. The first-order chi connectivity index (χ1) is 7.69. The van der Waals surface area contributed by atoms with E-state index in [1.54, 1.807) is 0 Å². The van der Waals surface area contributed by atoms with Gasteiger partial charge in [0.15, 0.2) is 0 Å². The van der Waals surface area contributed by atoms with E-state index >= 15 is 0 Å². The molecule has 1 aromatic heterocycles. The van der Waals surface area contributed by atoms with E-state index in [1.807, 2.05) is 7.05 Å². The maximum Gasteiger partial charge on any atom is 0.0685 e. The minimum absolute atomic E-state index is 0.0222. The summed E-state index contributed by atoms with van der Waals surface area (Å²) in [5.74, 6) is 0. The van der Waals surface area contributed by atoms with E-state index in [1.165, 1.54) is 16.5 Å². The molecule has 0 aliphatic rings. The zero-order valence-corrected chi connectivity index (χ0v) is 9.77. The number of aromatic nitrogens is 1. The van der Waals surface area contributed by atoms with Gasteiger partial charge in [0.1, 0.15) is 0 Å². The third-order valence-electron chi connectivity index (χ3n) is 3.13. The quantitative estimate of drug-likeness (QED) is 0.824. The molecule has 0 saturated carbocycles. The van der Waals surface area contributed by atoms with Gasteiger partial charge in [-0.25, -0.2) is 0 Å². The maximum absolute atomic E-state index is 9.13. The smallest absolute Gasteiger partial charge is 0.0685 e. The molecule has 1 aromatic carbocycles. The van der Waals surface area contributed by atoms with Crippen LogP contribution in [0.2, 0.25) is 0 Å². The third-order valence-corrected chi connectivity index (χ3v) is 3.13. The summed E-state index contributed by atoms with van der Waals surface area (Å²) in [6.07, 6.45) is 1.00. The highest BCUT2D eigenvalue weighted by atomic mass is 16.3. The molecule has 2 rings (SSSR count). The van der Waals surface area contributed by atoms with Crippen molar-refractivity contribution in [1.29, 1.82) is 0 Å². The standard InChI is InChI=1S/C13H18N2O/c1-3-9-5-4-6-10-7-12(11(14)8-16)15(2)13(9)10/h4-7,11,16H,3,8,14H2,1-2H3. The van der Waals surface area contributed by atoms with Crippen LogP contribution in [0.25, 0.3) is 10.9 Å². The minimum atomic E-state index is -0.304. The predicted octanol–water partition coefficient (Wildman–Crippen LogP) is 1.73. The third kappa shape index (κ3) is 1.62. The van der Waals surface area contributed by atoms with Gasteiger partial charge in [-0.15, -0.1) is 0 Å². The van der Waals surface area contributed by atoms with Gasteiger partial charge in [-0.05, 0) is 18.1 Å². The van der Waals surface area contributed by atoms with Crippen molar-refractivity contribution in [3.8, 4) is 0 Å². The molecular formula is C13H18N2O. The van der Waals surface area contributed by atoms with E-state index < -0.39 is 0 Å². The Kier molecular flexibility index (Phi) is 2.99. The minimum Gasteiger partial charge on any atom is -0.394 e. The number of hydrogen-bond donors (Lipinski definition) is 2. The Morgan fingerprint density at radius 3 is 2.81 bits per heavy atom. The van der Waals surface area contributed by atoms with Gasteiger partial charge in [0.2, 0.25) is 0 Å². The number of nitrogens with zero attached hydrogens (tertiary/aromatic N) is 1. The number of benzene rings is 1. The van der Waals surface area contributed by atoms with Gasteiger partial charge >= 0.3 is 0 Å². The molecular weight excluding hydrogens is 200 g/mol. The second kappa shape index (κ2) is 4.28. The second-order valence-electron chi connectivity index (χ2n) is 4.13. The normalized spacial score (nSPS) is 13.2. The zero-order valence-electron chi connectivity index (χ0n) is 9.77. The Hall–Kier alpha value is -1.32. The first kappa shape index (κ1) is 11.2. The average molecular weight is 218 g/mol. The highest BCUT2D eigenvalue weighted by Crippen LogP contribution is 2.25. The van der Waals surface area contributed by atoms with Gasteiger partial charge in [-0.2, -0.15) is 0 Å². The number of fused-ring (bicyclic) bond motifs is 1. The van der Waals surface area contributed by atoms with Gasteiger partial charge in [0, 0.05) is 18.1 Å². The predicted molar refractivity (Wildman–Crippen MR) is 66.3 cm³/mol. The first-order valence-electron chi connectivity index (χ1n) is 5.62. The molecule has 0 aliphatic carbocycles. The molecule has 3 heteroatoms. The summed E-state index contributed by atoms with van der Waals surface area (Å²) in [7, 11) is 2.01. The van der Waals surface area contributed by atoms with Crippen molar-refractivity contribution in [3.05, 3.63) is 35.5 Å². The van der Waals surface area contributed by atoms with Crippen LogP contribution < -0.4 is 5.73 Å². The molecule has 0 aliphatic heterocycles. The SMILES string of the molecule is CCc1cccc2cc(C(N)CO)n(C)c12. The van der Waals surface area contributed by atoms with E-state index in [0.29, 0.717) is 0 Å². The van der Waals surface area contributed by atoms with Gasteiger partial charge in [0.05, 0.1) is 18.2 Å². The summed E-state index contributed by atoms with van der Waals surface area (Å²) in [6, 6.07) is 8.05. The zero-order chi connectivity index (χ0) is 11.7. The Morgan fingerprint density at radius 2 is 2.19 bits per heavy atom. The van der Waals surface area contributed by atoms with Crippen molar-refractivity contribution in [2.45, 2.75) is 19.4 Å². The van der Waals surface area contributed by atoms with Crippen LogP contribution in [-0.4, -0.2) is 16.3 Å². The lowest BCUT2D eigenvalue weighted by Gasteiger charge is -2.11. The highest BCUT2D eigenvalue weighted by Gasteiger charge is 2.13. The first-order valence-corrected chi connectivity index (χ1v) is 5.62. The Labute approximate surface area is 95.5 Å². The summed E-state index contributed by atoms with van der Waals surface area (Å²) in [5.41, 5.74) is 9.41. The molecule has 86 valence electrons. The number of nitrogens with two attached hydrogens (primary N) is 1. The van der Waals surface area contributed by atoms with Crippen LogP contribution in [0.15, 0.2) is 24.3 Å². The van der Waals surface area contributed by atoms with Crippen molar-refractivity contribution in [3.63, 3.8) is 0 Å². The number of aliphatic hydroxyl groups is 1. The lowest BCUT2D eigenvalue weighted by molar-refractivity contribution is 0.264. The van der Waals surface area contributed by atoms with Crippen molar-refractivity contribution >= 4 is 10.9 Å². The fraction of sp³-hybridized carbons (Fsp3) is 0.385. The van der Waals surface area contributed by atoms with Crippen molar-refractivity contribution < 1.29 is 5.11 Å². The van der Waals surface area contributed by atoms with Crippen molar-refractivity contribution in [2.24, 2.45) is 12.8 Å². The summed E-state index contributed by atoms with van der Waals surface area (Å²) in [5, 5.41) is 10.3. The van der Waals surface area contributed by atoms with Crippen LogP contribution in [0.4, 0.5) is 0 Å². The lowest BCUT2D eigenvalue weighted by atomic mass is 10.1. The van der Waals surface area contributed by atoms with Crippen molar-refractivity contribution in [2.75, 3.05) is 6.61 Å². The van der Waals surface area contributed by atoms with Crippen LogP contribution in [0.5, 0.6) is 0 Å². The van der Waals surface area contributed by atoms with E-state index in [4.69, 9.17) is 10.8 Å². The summed E-state index contributed by atoms with van der Waals surface area (Å²) < 4.78 is 2.09. The molecule has 0 spiro atoms. The van der Waals surface area contributed by atoms with Gasteiger partial charge in [0.25, 0.3) is 0 Å². The fourth-order valence-electron chi connectivity index (χ4n) is 2.26. The van der Waals surface area contributed by atoms with Crippen molar-refractivity contribution in [1.82, 2.24) is 4.57 Å². The van der Waals surface area contributed by atoms with E-state index in [0.717, 1.165) is 12.1 Å². The average Bonchev–Trinajstić information content (AvgIpc) is 2.66. The van der Waals surface area contributed by atoms with Gasteiger partial charge in [-0.3, -0.25) is 0 Å². The largest absolute Gasteiger partial charge is 0.394 e. The highest BCUT2D eigenvalue weighted by molar-refractivity contribution is 5.84. The summed E-state index contributed by atoms with van der Waals surface area (Å²) in [6.45, 7) is 2.12. The molecule has 1 unspecified atom stereocenters. The molecule has 16 heavy (non-hydrogen) atoms. The van der Waals surface area contributed by atoms with E-state index in [2.05, 4.69) is 35.8 Å². The second-order valence-corrected chi connectivity index (χ2v) is 4.13. The molecule has 1 atom stereocenters. The maximum atomic E-state index is 9.13. The lowest BCUT2D eigenvalue weighted by Crippen LogP contribution is -2.17. The summed E-state index contributed by atoms with van der Waals surface area (Å²) in [4.78, 5) is 0. The Morgan fingerprint density at radius 1 is 1.44 bits per heavy atom. The van der Waals surface area contributed by atoms with E-state index in [9.17, 15) is 0 Å². The molecule has 0 radical (unpaired) electrons. The van der Waals surface area contributed by atoms with Gasteiger partial charge in [-0.1, -0.05) is 25.1 Å². The number of para-hydroxylation sites is 1. The molecule has 0 fully saturated rings. The molecule has 3 nitrogen and oxygen atoms in total. The molecule has 0 bridgehead atoms. The number of hydrogen-bond acceptors (Lipinski definition) is 2. The molecule has 0 saturated heterocycles. The fourth-order valence-corrected chi connectivity index (χ4v) is 2.26. The van der Waals surface area contributed by atoms with Crippen LogP contribution in [0.1, 0.15) is 24.2 Å². The number of aliphatic hydroxyl groups excluding tert-OH is 1. The Bertz CT molecular complexity index is 502. The van der Waals surface area contributed by atoms with Crippen LogP contribution in [0.3, 0.4) is 0 Å². The van der Waals surface area contributed by atoms with E-state index in [-0.39, 0.29) is 12.6 Å². The summed E-state index contributed by atoms with van der Waals surface area (Å²) >= 11 is 0. The van der Waals surface area contributed by atoms with Crippen LogP contribution in [-0.2, 0) is 13.5 Å².